The van der Waals surface area contributed by atoms with E-state index < -0.39 is 5.78 Å². The first-order chi connectivity index (χ1) is 7.20. The number of fused-ring (bicyclic) bond motifs is 1. The highest BCUT2D eigenvalue weighted by Gasteiger charge is 2.04. The van der Waals surface area contributed by atoms with Crippen molar-refractivity contribution in [2.75, 3.05) is 0 Å². The van der Waals surface area contributed by atoms with E-state index in [0.717, 1.165) is 10.8 Å². The Labute approximate surface area is 91.5 Å². The summed E-state index contributed by atoms with van der Waals surface area (Å²) in [6, 6.07) is 10.5. The van der Waals surface area contributed by atoms with Gasteiger partial charge >= 0.3 is 0 Å². The smallest absolute Gasteiger partial charge is 0.225 e. The Balaban J connectivity index is 2.64. The largest absolute Gasteiger partial charge is 0.294 e. The highest BCUT2D eigenvalue weighted by atomic mass is 35.5. The van der Waals surface area contributed by atoms with Crippen molar-refractivity contribution in [3.63, 3.8) is 0 Å². The summed E-state index contributed by atoms with van der Waals surface area (Å²) in [7, 11) is 0. The minimum Gasteiger partial charge on any atom is -0.294 e. The first-order valence-corrected chi connectivity index (χ1v) is 4.77. The molecule has 0 spiro atoms. The third-order valence-corrected chi connectivity index (χ3v) is 2.43. The first kappa shape index (κ1) is 9.87. The third-order valence-electron chi connectivity index (χ3n) is 2.19. The molecule has 0 heterocycles. The Bertz CT molecular complexity index is 546. The molecule has 0 aromatic heterocycles. The molecule has 2 aromatic carbocycles. The molecule has 3 heteroatoms. The second-order valence-corrected chi connectivity index (χ2v) is 3.62. The zero-order valence-electron chi connectivity index (χ0n) is 7.74. The van der Waals surface area contributed by atoms with Crippen molar-refractivity contribution in [1.82, 2.24) is 0 Å². The molecule has 74 valence electrons. The maximum absolute atomic E-state index is 11.1. The van der Waals surface area contributed by atoms with E-state index >= 15 is 0 Å². The molecule has 0 radical (unpaired) electrons. The van der Waals surface area contributed by atoms with Crippen LogP contribution in [0.5, 0.6) is 0 Å². The molecule has 0 fully saturated rings. The van der Waals surface area contributed by atoms with Crippen molar-refractivity contribution in [3.05, 3.63) is 47.0 Å². The fourth-order valence-corrected chi connectivity index (χ4v) is 1.62. The quantitative estimate of drug-likeness (QED) is 0.441. The van der Waals surface area contributed by atoms with Crippen LogP contribution in [-0.4, -0.2) is 12.1 Å². The Morgan fingerprint density at radius 2 is 1.80 bits per heavy atom. The molecule has 0 bridgehead atoms. The molecule has 0 N–H and O–H groups in total. The van der Waals surface area contributed by atoms with Gasteiger partial charge in [0.15, 0.2) is 6.29 Å². The van der Waals surface area contributed by atoms with Crippen LogP contribution in [0.1, 0.15) is 10.4 Å². The van der Waals surface area contributed by atoms with Crippen LogP contribution < -0.4 is 0 Å². The zero-order chi connectivity index (χ0) is 10.8. The van der Waals surface area contributed by atoms with Gasteiger partial charge in [-0.3, -0.25) is 9.59 Å². The fraction of sp³-hybridized carbons (Fsp3) is 0. The molecule has 0 unspecified atom stereocenters. The van der Waals surface area contributed by atoms with Crippen LogP contribution in [0, 0.1) is 0 Å². The Morgan fingerprint density at radius 3 is 2.53 bits per heavy atom. The summed E-state index contributed by atoms with van der Waals surface area (Å²) in [5, 5.41) is 2.45. The van der Waals surface area contributed by atoms with Crippen molar-refractivity contribution in [3.8, 4) is 0 Å². The summed E-state index contributed by atoms with van der Waals surface area (Å²) >= 11 is 5.83. The van der Waals surface area contributed by atoms with Crippen LogP contribution in [0.25, 0.3) is 10.8 Å². The molecule has 0 amide bonds. The van der Waals surface area contributed by atoms with E-state index in [9.17, 15) is 9.59 Å². The van der Waals surface area contributed by atoms with E-state index in [4.69, 9.17) is 11.6 Å². The van der Waals surface area contributed by atoms with E-state index in [2.05, 4.69) is 0 Å². The highest BCUT2D eigenvalue weighted by molar-refractivity contribution is 6.34. The molecule has 2 rings (SSSR count). The molecular weight excluding hydrogens is 212 g/mol. The highest BCUT2D eigenvalue weighted by Crippen LogP contribution is 2.20. The number of carbonyl (C=O) groups is 2. The number of halogens is 1. The van der Waals surface area contributed by atoms with E-state index in [1.807, 2.05) is 6.07 Å². The van der Waals surface area contributed by atoms with Crippen LogP contribution >= 0.6 is 11.6 Å². The Morgan fingerprint density at radius 1 is 1.07 bits per heavy atom. The van der Waals surface area contributed by atoms with Crippen LogP contribution in [0.2, 0.25) is 5.02 Å². The number of rotatable bonds is 2. The number of aldehydes is 1. The molecule has 0 aliphatic rings. The van der Waals surface area contributed by atoms with Gasteiger partial charge in [-0.15, -0.1) is 0 Å². The van der Waals surface area contributed by atoms with Crippen LogP contribution in [0.15, 0.2) is 36.4 Å². The van der Waals surface area contributed by atoms with Gasteiger partial charge in [0, 0.05) is 10.6 Å². The fourth-order valence-electron chi connectivity index (χ4n) is 1.44. The summed E-state index contributed by atoms with van der Waals surface area (Å²) in [6.45, 7) is 0. The Hall–Kier alpha value is -1.67. The van der Waals surface area contributed by atoms with E-state index in [1.54, 1.807) is 30.3 Å². The predicted octanol–water partition coefficient (Wildman–Crippen LogP) is 2.87. The summed E-state index contributed by atoms with van der Waals surface area (Å²) in [5.74, 6) is -0.517. The van der Waals surface area contributed by atoms with Gasteiger partial charge in [0.25, 0.3) is 0 Å². The molecule has 0 aliphatic heterocycles. The summed E-state index contributed by atoms with van der Waals surface area (Å²) in [6.07, 6.45) is 0.311. The topological polar surface area (TPSA) is 34.1 Å². The van der Waals surface area contributed by atoms with Crippen molar-refractivity contribution >= 4 is 34.4 Å². The zero-order valence-corrected chi connectivity index (χ0v) is 8.49. The van der Waals surface area contributed by atoms with E-state index in [0.29, 0.717) is 16.9 Å². The molecule has 0 aliphatic carbocycles. The second-order valence-electron chi connectivity index (χ2n) is 3.19. The van der Waals surface area contributed by atoms with Crippen LogP contribution in [0.3, 0.4) is 0 Å². The van der Waals surface area contributed by atoms with Crippen LogP contribution in [0.4, 0.5) is 0 Å². The lowest BCUT2D eigenvalue weighted by atomic mass is 10.1. The van der Waals surface area contributed by atoms with Gasteiger partial charge in [-0.05, 0) is 29.0 Å². The molecular formula is C12H7ClO2. The summed E-state index contributed by atoms with van der Waals surface area (Å²) < 4.78 is 0. The lowest BCUT2D eigenvalue weighted by Crippen LogP contribution is -1.98. The Kier molecular flexibility index (Phi) is 2.52. The molecule has 2 nitrogen and oxygen atoms in total. The molecule has 2 aromatic rings. The average molecular weight is 219 g/mol. The number of ketones is 1. The number of carbonyl (C=O) groups excluding carboxylic acids is 2. The standard InChI is InChI=1S/C12H7ClO2/c13-11-4-3-8-1-2-9(12(15)7-14)5-10(8)6-11/h1-7H. The summed E-state index contributed by atoms with van der Waals surface area (Å²) in [5.41, 5.74) is 0.389. The number of hydrogen-bond acceptors (Lipinski definition) is 2. The van der Waals surface area contributed by atoms with Gasteiger partial charge in [0.05, 0.1) is 0 Å². The predicted molar refractivity (Wildman–Crippen MR) is 59.4 cm³/mol. The monoisotopic (exact) mass is 218 g/mol. The second kappa shape index (κ2) is 3.83. The minimum absolute atomic E-state index is 0.311. The SMILES string of the molecule is O=CC(=O)c1ccc2ccc(Cl)cc2c1. The normalized spacial score (nSPS) is 10.2. The van der Waals surface area contributed by atoms with Crippen molar-refractivity contribution in [2.45, 2.75) is 0 Å². The maximum atomic E-state index is 11.1. The summed E-state index contributed by atoms with van der Waals surface area (Å²) in [4.78, 5) is 21.5. The van der Waals surface area contributed by atoms with Gasteiger partial charge in [-0.1, -0.05) is 29.8 Å². The molecule has 0 saturated carbocycles. The van der Waals surface area contributed by atoms with Crippen molar-refractivity contribution in [1.29, 1.82) is 0 Å². The van der Waals surface area contributed by atoms with Gasteiger partial charge in [0.2, 0.25) is 5.78 Å². The molecule has 15 heavy (non-hydrogen) atoms. The van der Waals surface area contributed by atoms with Crippen molar-refractivity contribution in [2.24, 2.45) is 0 Å². The average Bonchev–Trinajstić information content (AvgIpc) is 2.27. The van der Waals surface area contributed by atoms with Gasteiger partial charge < -0.3 is 0 Å². The van der Waals surface area contributed by atoms with Gasteiger partial charge in [-0.25, -0.2) is 0 Å². The number of Topliss-reactive ketones (excluding diaryl/α,β-unsaturated/α-hetero) is 1. The molecule has 0 atom stereocenters. The molecule has 0 saturated heterocycles. The van der Waals surface area contributed by atoms with Crippen molar-refractivity contribution < 1.29 is 9.59 Å². The number of hydrogen-bond donors (Lipinski definition) is 0. The van der Waals surface area contributed by atoms with Crippen LogP contribution in [-0.2, 0) is 4.79 Å². The lowest BCUT2D eigenvalue weighted by Gasteiger charge is -2.00. The maximum Gasteiger partial charge on any atom is 0.225 e. The minimum atomic E-state index is -0.517. The third kappa shape index (κ3) is 1.90. The lowest BCUT2D eigenvalue weighted by molar-refractivity contribution is -0.104. The van der Waals surface area contributed by atoms with Gasteiger partial charge in [0.1, 0.15) is 0 Å². The van der Waals surface area contributed by atoms with E-state index in [1.165, 1.54) is 0 Å². The first-order valence-electron chi connectivity index (χ1n) is 4.39. The van der Waals surface area contributed by atoms with E-state index in [-0.39, 0.29) is 0 Å². The number of benzene rings is 2. The van der Waals surface area contributed by atoms with Gasteiger partial charge in [-0.2, -0.15) is 0 Å².